The van der Waals surface area contributed by atoms with E-state index in [4.69, 9.17) is 16.1 Å². The molecule has 0 unspecified atom stereocenters. The van der Waals surface area contributed by atoms with Crippen LogP contribution in [-0.4, -0.2) is 34.9 Å². The number of carbonyl (C=O) groups is 1. The van der Waals surface area contributed by atoms with E-state index in [9.17, 15) is 4.79 Å². The number of amides is 1. The van der Waals surface area contributed by atoms with Gasteiger partial charge in [0.1, 0.15) is 11.6 Å². The van der Waals surface area contributed by atoms with Crippen LogP contribution in [0.25, 0.3) is 0 Å². The molecule has 0 radical (unpaired) electrons. The standard InChI is InChI=1S/C10H13ClN2O2/c11-7-10(14)13-5-2-8(3-6-13)9-1-4-12-15-9/h1,4,8H,2-3,5-7H2. The van der Waals surface area contributed by atoms with E-state index in [-0.39, 0.29) is 11.8 Å². The fourth-order valence-electron chi connectivity index (χ4n) is 1.93. The Kier molecular flexibility index (Phi) is 3.26. The van der Waals surface area contributed by atoms with Gasteiger partial charge in [0.2, 0.25) is 5.91 Å². The molecule has 1 saturated heterocycles. The predicted molar refractivity (Wildman–Crippen MR) is 55.8 cm³/mol. The first-order valence-corrected chi connectivity index (χ1v) is 5.59. The molecule has 2 heterocycles. The van der Waals surface area contributed by atoms with E-state index in [1.165, 1.54) is 0 Å². The number of piperidine rings is 1. The van der Waals surface area contributed by atoms with Gasteiger partial charge in [-0.1, -0.05) is 5.16 Å². The summed E-state index contributed by atoms with van der Waals surface area (Å²) >= 11 is 5.50. The number of aromatic nitrogens is 1. The van der Waals surface area contributed by atoms with Crippen molar-refractivity contribution < 1.29 is 9.32 Å². The molecule has 0 aromatic carbocycles. The molecule has 0 spiro atoms. The second kappa shape index (κ2) is 4.66. The average Bonchev–Trinajstić information content (AvgIpc) is 2.82. The van der Waals surface area contributed by atoms with E-state index < -0.39 is 0 Å². The van der Waals surface area contributed by atoms with Gasteiger partial charge in [0, 0.05) is 25.1 Å². The van der Waals surface area contributed by atoms with Crippen molar-refractivity contribution in [3.63, 3.8) is 0 Å². The maximum atomic E-state index is 11.3. The number of alkyl halides is 1. The topological polar surface area (TPSA) is 46.3 Å². The molecule has 1 aliphatic heterocycles. The Morgan fingerprint density at radius 1 is 1.60 bits per heavy atom. The highest BCUT2D eigenvalue weighted by Gasteiger charge is 2.24. The Morgan fingerprint density at radius 2 is 2.33 bits per heavy atom. The van der Waals surface area contributed by atoms with Crippen molar-refractivity contribution in [3.05, 3.63) is 18.0 Å². The third-order valence-electron chi connectivity index (χ3n) is 2.82. The summed E-state index contributed by atoms with van der Waals surface area (Å²) in [5.41, 5.74) is 0. The summed E-state index contributed by atoms with van der Waals surface area (Å²) in [6, 6.07) is 1.89. The molecule has 1 aromatic rings. The van der Waals surface area contributed by atoms with E-state index in [1.807, 2.05) is 6.07 Å². The quantitative estimate of drug-likeness (QED) is 0.723. The van der Waals surface area contributed by atoms with Crippen molar-refractivity contribution in [1.82, 2.24) is 10.1 Å². The van der Waals surface area contributed by atoms with Gasteiger partial charge in [-0.2, -0.15) is 0 Å². The van der Waals surface area contributed by atoms with Crippen LogP contribution in [0, 0.1) is 0 Å². The second-order valence-electron chi connectivity index (χ2n) is 3.70. The lowest BCUT2D eigenvalue weighted by Gasteiger charge is -2.30. The Morgan fingerprint density at radius 3 is 2.87 bits per heavy atom. The molecule has 1 amide bonds. The zero-order valence-corrected chi connectivity index (χ0v) is 9.11. The van der Waals surface area contributed by atoms with Crippen molar-refractivity contribution in [2.45, 2.75) is 18.8 Å². The minimum Gasteiger partial charge on any atom is -0.361 e. The average molecular weight is 229 g/mol. The lowest BCUT2D eigenvalue weighted by atomic mass is 9.94. The maximum absolute atomic E-state index is 11.3. The predicted octanol–water partition coefficient (Wildman–Crippen LogP) is 1.62. The second-order valence-corrected chi connectivity index (χ2v) is 3.97. The summed E-state index contributed by atoms with van der Waals surface area (Å²) in [5, 5.41) is 3.69. The van der Waals surface area contributed by atoms with E-state index >= 15 is 0 Å². The highest BCUT2D eigenvalue weighted by molar-refractivity contribution is 6.27. The number of halogens is 1. The zero-order chi connectivity index (χ0) is 10.7. The van der Waals surface area contributed by atoms with Gasteiger partial charge >= 0.3 is 0 Å². The monoisotopic (exact) mass is 228 g/mol. The lowest BCUT2D eigenvalue weighted by Crippen LogP contribution is -2.38. The van der Waals surface area contributed by atoms with Crippen LogP contribution in [0.3, 0.4) is 0 Å². The first-order valence-electron chi connectivity index (χ1n) is 5.05. The van der Waals surface area contributed by atoms with Crippen LogP contribution >= 0.6 is 11.6 Å². The van der Waals surface area contributed by atoms with E-state index in [1.54, 1.807) is 11.1 Å². The molecule has 15 heavy (non-hydrogen) atoms. The van der Waals surface area contributed by atoms with Crippen LogP contribution in [0.1, 0.15) is 24.5 Å². The molecular formula is C10H13ClN2O2. The van der Waals surface area contributed by atoms with Gasteiger partial charge in [0.25, 0.3) is 0 Å². The van der Waals surface area contributed by atoms with Gasteiger partial charge < -0.3 is 9.42 Å². The summed E-state index contributed by atoms with van der Waals surface area (Å²) in [7, 11) is 0. The SMILES string of the molecule is O=C(CCl)N1CCC(c2ccno2)CC1. The van der Waals surface area contributed by atoms with Crippen LogP contribution in [0.5, 0.6) is 0 Å². The fraction of sp³-hybridized carbons (Fsp3) is 0.600. The third kappa shape index (κ3) is 2.31. The minimum atomic E-state index is 0.0210. The minimum absolute atomic E-state index is 0.0210. The van der Waals surface area contributed by atoms with Crippen molar-refractivity contribution >= 4 is 17.5 Å². The first-order chi connectivity index (χ1) is 7.31. The molecule has 2 rings (SSSR count). The Balaban J connectivity index is 1.90. The Bertz CT molecular complexity index is 318. The molecule has 0 bridgehead atoms. The molecule has 5 heteroatoms. The van der Waals surface area contributed by atoms with Crippen molar-refractivity contribution in [2.75, 3.05) is 19.0 Å². The van der Waals surface area contributed by atoms with E-state index in [0.29, 0.717) is 5.92 Å². The summed E-state index contributed by atoms with van der Waals surface area (Å²) in [5.74, 6) is 1.42. The molecule has 4 nitrogen and oxygen atoms in total. The molecule has 0 atom stereocenters. The van der Waals surface area contributed by atoms with Crippen LogP contribution in [0.15, 0.2) is 16.8 Å². The number of nitrogens with zero attached hydrogens (tertiary/aromatic N) is 2. The van der Waals surface area contributed by atoms with Gasteiger partial charge in [0.05, 0.1) is 6.20 Å². The molecule has 82 valence electrons. The lowest BCUT2D eigenvalue weighted by molar-refractivity contribution is -0.129. The number of rotatable bonds is 2. The molecular weight excluding hydrogens is 216 g/mol. The van der Waals surface area contributed by atoms with Crippen molar-refractivity contribution in [2.24, 2.45) is 0 Å². The molecule has 1 aliphatic rings. The van der Waals surface area contributed by atoms with Crippen LogP contribution in [0.2, 0.25) is 0 Å². The van der Waals surface area contributed by atoms with Crippen molar-refractivity contribution in [1.29, 1.82) is 0 Å². The largest absolute Gasteiger partial charge is 0.361 e. The van der Waals surface area contributed by atoms with Crippen LogP contribution in [-0.2, 0) is 4.79 Å². The summed E-state index contributed by atoms with van der Waals surface area (Å²) in [4.78, 5) is 13.1. The molecule has 1 fully saturated rings. The third-order valence-corrected chi connectivity index (χ3v) is 3.05. The van der Waals surface area contributed by atoms with Gasteiger partial charge in [-0.15, -0.1) is 11.6 Å². The van der Waals surface area contributed by atoms with Gasteiger partial charge in [0.15, 0.2) is 0 Å². The highest BCUT2D eigenvalue weighted by Crippen LogP contribution is 2.27. The van der Waals surface area contributed by atoms with Gasteiger partial charge in [-0.3, -0.25) is 4.79 Å². The van der Waals surface area contributed by atoms with Crippen LogP contribution < -0.4 is 0 Å². The van der Waals surface area contributed by atoms with Gasteiger partial charge in [-0.25, -0.2) is 0 Å². The zero-order valence-electron chi connectivity index (χ0n) is 8.36. The number of hydrogen-bond acceptors (Lipinski definition) is 3. The smallest absolute Gasteiger partial charge is 0.237 e. The van der Waals surface area contributed by atoms with E-state index in [0.717, 1.165) is 31.7 Å². The number of likely N-dealkylation sites (tertiary alicyclic amines) is 1. The number of carbonyl (C=O) groups excluding carboxylic acids is 1. The Hall–Kier alpha value is -1.03. The fourth-order valence-corrected chi connectivity index (χ4v) is 2.10. The summed E-state index contributed by atoms with van der Waals surface area (Å²) in [6.45, 7) is 1.52. The van der Waals surface area contributed by atoms with E-state index in [2.05, 4.69) is 5.16 Å². The molecule has 0 N–H and O–H groups in total. The molecule has 0 aliphatic carbocycles. The maximum Gasteiger partial charge on any atom is 0.237 e. The molecule has 1 aromatic heterocycles. The first kappa shape index (κ1) is 10.5. The van der Waals surface area contributed by atoms with Crippen LogP contribution in [0.4, 0.5) is 0 Å². The van der Waals surface area contributed by atoms with Gasteiger partial charge in [-0.05, 0) is 12.8 Å². The van der Waals surface area contributed by atoms with Crippen molar-refractivity contribution in [3.8, 4) is 0 Å². The highest BCUT2D eigenvalue weighted by atomic mass is 35.5. The number of hydrogen-bond donors (Lipinski definition) is 0. The normalized spacial score (nSPS) is 18.1. The summed E-state index contributed by atoms with van der Waals surface area (Å²) < 4.78 is 5.12. The Labute approximate surface area is 93.2 Å². The summed E-state index contributed by atoms with van der Waals surface area (Å²) in [6.07, 6.45) is 3.52. The molecule has 0 saturated carbocycles.